The third-order valence-electron chi connectivity index (χ3n) is 3.68. The number of aryl methyl sites for hydroxylation is 1. The van der Waals surface area contributed by atoms with E-state index in [2.05, 4.69) is 15.5 Å². The summed E-state index contributed by atoms with van der Waals surface area (Å²) in [5.41, 5.74) is 2.23. The summed E-state index contributed by atoms with van der Waals surface area (Å²) in [6.45, 7) is 2.01. The van der Waals surface area contributed by atoms with Crippen molar-refractivity contribution < 1.29 is 14.1 Å². The molecule has 28 heavy (non-hydrogen) atoms. The first kappa shape index (κ1) is 19.8. The monoisotopic (exact) mass is 418 g/mol. The Morgan fingerprint density at radius 3 is 2.71 bits per heavy atom. The Labute approximate surface area is 169 Å². The molecule has 8 nitrogen and oxygen atoms in total. The Hall–Kier alpha value is -2.91. The number of nitrogens with one attached hydrogen (secondary N) is 1. The Bertz CT molecular complexity index is 1010. The number of anilines is 1. The molecule has 1 N–H and O–H groups in total. The van der Waals surface area contributed by atoms with Crippen molar-refractivity contribution in [2.24, 2.45) is 0 Å². The van der Waals surface area contributed by atoms with Crippen LogP contribution in [0.1, 0.15) is 17.0 Å². The third kappa shape index (κ3) is 5.30. The molecule has 0 saturated carbocycles. The van der Waals surface area contributed by atoms with Gasteiger partial charge in [-0.1, -0.05) is 53.2 Å². The van der Waals surface area contributed by atoms with Crippen LogP contribution >= 0.6 is 23.4 Å². The number of nitro groups is 1. The molecule has 1 heterocycles. The van der Waals surface area contributed by atoms with Crippen molar-refractivity contribution in [2.45, 2.75) is 18.6 Å². The van der Waals surface area contributed by atoms with Gasteiger partial charge in [0.2, 0.25) is 11.8 Å². The molecule has 144 valence electrons. The van der Waals surface area contributed by atoms with Crippen molar-refractivity contribution in [3.8, 4) is 0 Å². The smallest absolute Gasteiger partial charge is 0.289 e. The van der Waals surface area contributed by atoms with Crippen molar-refractivity contribution in [3.63, 3.8) is 0 Å². The number of thioether (sulfide) groups is 1. The lowest BCUT2D eigenvalue weighted by atomic mass is 10.1. The van der Waals surface area contributed by atoms with E-state index in [1.807, 2.05) is 31.2 Å². The lowest BCUT2D eigenvalue weighted by Crippen LogP contribution is -2.14. The van der Waals surface area contributed by atoms with E-state index >= 15 is 0 Å². The normalized spacial score (nSPS) is 10.6. The number of amides is 1. The highest BCUT2D eigenvalue weighted by Gasteiger charge is 2.15. The fraction of sp³-hybridized carbons (Fsp3) is 0.167. The molecule has 0 radical (unpaired) electrons. The van der Waals surface area contributed by atoms with Crippen LogP contribution in [0.15, 0.2) is 52.1 Å². The van der Waals surface area contributed by atoms with E-state index < -0.39 is 4.92 Å². The average Bonchev–Trinajstić information content (AvgIpc) is 3.11. The van der Waals surface area contributed by atoms with Gasteiger partial charge in [0.1, 0.15) is 5.02 Å². The van der Waals surface area contributed by atoms with E-state index in [1.54, 1.807) is 0 Å². The highest BCUT2D eigenvalue weighted by atomic mass is 35.5. The molecular weight excluding hydrogens is 404 g/mol. The molecule has 3 aromatic rings. The molecule has 2 aromatic carbocycles. The Kier molecular flexibility index (Phi) is 6.27. The van der Waals surface area contributed by atoms with E-state index in [1.165, 1.54) is 23.8 Å². The number of carbonyl (C=O) groups excluding carboxylic acids is 1. The number of benzene rings is 2. The van der Waals surface area contributed by atoms with E-state index in [9.17, 15) is 14.9 Å². The van der Waals surface area contributed by atoms with Gasteiger partial charge >= 0.3 is 0 Å². The van der Waals surface area contributed by atoms with Gasteiger partial charge in [0, 0.05) is 11.8 Å². The maximum Gasteiger partial charge on any atom is 0.289 e. The molecule has 0 bridgehead atoms. The molecule has 0 atom stereocenters. The van der Waals surface area contributed by atoms with Gasteiger partial charge < -0.3 is 9.73 Å². The Balaban J connectivity index is 1.54. The highest BCUT2D eigenvalue weighted by Crippen LogP contribution is 2.27. The van der Waals surface area contributed by atoms with Gasteiger partial charge in [0.25, 0.3) is 10.9 Å². The molecule has 3 rings (SSSR count). The number of carbonyl (C=O) groups is 1. The van der Waals surface area contributed by atoms with Crippen molar-refractivity contribution in [1.29, 1.82) is 0 Å². The van der Waals surface area contributed by atoms with Gasteiger partial charge in [-0.2, -0.15) is 0 Å². The minimum Gasteiger partial charge on any atom is -0.416 e. The average molecular weight is 419 g/mol. The summed E-state index contributed by atoms with van der Waals surface area (Å²) in [6, 6.07) is 12.1. The quantitative estimate of drug-likeness (QED) is 0.346. The van der Waals surface area contributed by atoms with Gasteiger partial charge in [-0.3, -0.25) is 14.9 Å². The van der Waals surface area contributed by atoms with Gasteiger partial charge in [-0.05, 0) is 24.6 Å². The lowest BCUT2D eigenvalue weighted by Gasteiger charge is -2.04. The summed E-state index contributed by atoms with van der Waals surface area (Å²) < 4.78 is 5.54. The summed E-state index contributed by atoms with van der Waals surface area (Å²) >= 11 is 6.83. The van der Waals surface area contributed by atoms with Crippen molar-refractivity contribution in [3.05, 3.63) is 74.6 Å². The molecule has 0 unspecified atom stereocenters. The van der Waals surface area contributed by atoms with E-state index in [0.717, 1.165) is 17.3 Å². The number of halogens is 1. The van der Waals surface area contributed by atoms with Gasteiger partial charge in [-0.15, -0.1) is 10.2 Å². The molecule has 10 heteroatoms. The minimum atomic E-state index is -0.610. The zero-order valence-corrected chi connectivity index (χ0v) is 16.3. The molecule has 1 amide bonds. The van der Waals surface area contributed by atoms with Crippen LogP contribution in [0.5, 0.6) is 0 Å². The number of nitro benzene ring substituents is 1. The zero-order chi connectivity index (χ0) is 20.1. The van der Waals surface area contributed by atoms with Crippen LogP contribution < -0.4 is 5.32 Å². The number of hydrogen-bond acceptors (Lipinski definition) is 7. The van der Waals surface area contributed by atoms with E-state index in [0.29, 0.717) is 12.3 Å². The summed E-state index contributed by atoms with van der Waals surface area (Å²) in [4.78, 5) is 22.3. The molecular formula is C18H15ClN4O4S. The summed E-state index contributed by atoms with van der Waals surface area (Å²) in [5, 5.41) is 21.6. The molecule has 0 aliphatic carbocycles. The lowest BCUT2D eigenvalue weighted by molar-refractivity contribution is -0.384. The summed E-state index contributed by atoms with van der Waals surface area (Å²) in [7, 11) is 0. The van der Waals surface area contributed by atoms with Crippen molar-refractivity contribution in [1.82, 2.24) is 10.2 Å². The first-order chi connectivity index (χ1) is 13.4. The van der Waals surface area contributed by atoms with Crippen LogP contribution in [0.4, 0.5) is 11.4 Å². The van der Waals surface area contributed by atoms with E-state index in [-0.39, 0.29) is 33.3 Å². The van der Waals surface area contributed by atoms with Gasteiger partial charge in [0.15, 0.2) is 0 Å². The summed E-state index contributed by atoms with van der Waals surface area (Å²) in [6.07, 6.45) is 0.508. The van der Waals surface area contributed by atoms with Gasteiger partial charge in [-0.25, -0.2) is 0 Å². The third-order valence-corrected chi connectivity index (χ3v) is 4.82. The summed E-state index contributed by atoms with van der Waals surface area (Å²) in [5.74, 6) is 0.114. The van der Waals surface area contributed by atoms with Crippen LogP contribution in [0.2, 0.25) is 5.02 Å². The SMILES string of the molecule is Cc1ccc(Cc2nnc(SCC(=O)Nc3ccc(Cl)c([N+](=O)[O-])c3)o2)cc1. The first-order valence-corrected chi connectivity index (χ1v) is 9.51. The number of nitrogens with zero attached hydrogens (tertiary/aromatic N) is 3. The second kappa shape index (κ2) is 8.85. The number of hydrogen-bond donors (Lipinski definition) is 1. The predicted octanol–water partition coefficient (Wildman–Crippen LogP) is 4.26. The van der Waals surface area contributed by atoms with Crippen molar-refractivity contribution >= 4 is 40.6 Å². The molecule has 0 fully saturated rings. The highest BCUT2D eigenvalue weighted by molar-refractivity contribution is 7.99. The van der Waals surface area contributed by atoms with Crippen LogP contribution in [-0.4, -0.2) is 26.8 Å². The second-order valence-corrected chi connectivity index (χ2v) is 7.22. The van der Waals surface area contributed by atoms with Crippen LogP contribution in [0, 0.1) is 17.0 Å². The Morgan fingerprint density at radius 2 is 2.00 bits per heavy atom. The topological polar surface area (TPSA) is 111 Å². The maximum absolute atomic E-state index is 12.1. The largest absolute Gasteiger partial charge is 0.416 e. The minimum absolute atomic E-state index is 0.00402. The fourth-order valence-corrected chi connectivity index (χ4v) is 3.07. The first-order valence-electron chi connectivity index (χ1n) is 8.15. The zero-order valence-electron chi connectivity index (χ0n) is 14.7. The van der Waals surface area contributed by atoms with Crippen molar-refractivity contribution in [2.75, 3.05) is 11.1 Å². The molecule has 0 spiro atoms. The molecule has 0 saturated heterocycles. The van der Waals surface area contributed by atoms with Gasteiger partial charge in [0.05, 0.1) is 17.1 Å². The standard InChI is InChI=1S/C18H15ClN4O4S/c1-11-2-4-12(5-3-11)8-17-21-22-18(27-17)28-10-16(24)20-13-6-7-14(19)15(9-13)23(25)26/h2-7,9H,8,10H2,1H3,(H,20,24). The fourth-order valence-electron chi connectivity index (χ4n) is 2.30. The molecule has 0 aliphatic rings. The van der Waals surface area contributed by atoms with Crippen LogP contribution in [0.25, 0.3) is 0 Å². The predicted molar refractivity (Wildman–Crippen MR) is 106 cm³/mol. The van der Waals surface area contributed by atoms with E-state index in [4.69, 9.17) is 16.0 Å². The Morgan fingerprint density at radius 1 is 1.25 bits per heavy atom. The molecule has 0 aliphatic heterocycles. The molecule has 1 aromatic heterocycles. The number of aromatic nitrogens is 2. The van der Waals surface area contributed by atoms with Crippen LogP contribution in [0.3, 0.4) is 0 Å². The second-order valence-electron chi connectivity index (χ2n) is 5.88. The maximum atomic E-state index is 12.1. The van der Waals surface area contributed by atoms with Crippen LogP contribution in [-0.2, 0) is 11.2 Å². The number of rotatable bonds is 7.